The number of ether oxygens (including phenoxy) is 2. The van der Waals surface area contributed by atoms with Gasteiger partial charge in [0.15, 0.2) is 0 Å². The van der Waals surface area contributed by atoms with E-state index in [9.17, 15) is 9.59 Å². The maximum atomic E-state index is 13.8. The van der Waals surface area contributed by atoms with Crippen LogP contribution in [-0.4, -0.2) is 87.9 Å². The number of hydrogen-bond acceptors (Lipinski definition) is 7. The van der Waals surface area contributed by atoms with Gasteiger partial charge in [-0.25, -0.2) is 9.78 Å². The minimum absolute atomic E-state index is 0.0708. The number of piperazine rings is 1. The highest BCUT2D eigenvalue weighted by atomic mass is 16.6. The fraction of sp³-hybridized carbons (Fsp3) is 0.710. The molecule has 224 valence electrons. The highest BCUT2D eigenvalue weighted by Crippen LogP contribution is 2.49. The van der Waals surface area contributed by atoms with Crippen LogP contribution in [0, 0.1) is 5.92 Å². The first-order chi connectivity index (χ1) is 19.5. The van der Waals surface area contributed by atoms with Gasteiger partial charge in [0.25, 0.3) is 5.91 Å². The van der Waals surface area contributed by atoms with E-state index in [1.807, 2.05) is 37.8 Å². The van der Waals surface area contributed by atoms with Crippen LogP contribution in [0.5, 0.6) is 5.75 Å². The number of hydrogen-bond donors (Lipinski definition) is 2. The van der Waals surface area contributed by atoms with Gasteiger partial charge < -0.3 is 29.6 Å². The number of fused-ring (bicyclic) bond motifs is 1. The van der Waals surface area contributed by atoms with Crippen molar-refractivity contribution in [1.82, 2.24) is 30.0 Å². The van der Waals surface area contributed by atoms with Crippen molar-refractivity contribution in [3.63, 3.8) is 0 Å². The maximum Gasteiger partial charge on any atom is 0.407 e. The van der Waals surface area contributed by atoms with E-state index in [1.165, 1.54) is 19.3 Å². The minimum Gasteiger partial charge on any atom is -0.494 e. The van der Waals surface area contributed by atoms with Crippen LogP contribution >= 0.6 is 0 Å². The van der Waals surface area contributed by atoms with Gasteiger partial charge >= 0.3 is 6.09 Å². The highest BCUT2D eigenvalue weighted by molar-refractivity contribution is 5.99. The van der Waals surface area contributed by atoms with E-state index in [-0.39, 0.29) is 18.0 Å². The average Bonchev–Trinajstić information content (AvgIpc) is 3.48. The number of methoxy groups -OCH3 is 1. The summed E-state index contributed by atoms with van der Waals surface area (Å²) in [5.41, 5.74) is 1.71. The van der Waals surface area contributed by atoms with Crippen LogP contribution in [0.15, 0.2) is 12.1 Å². The normalized spacial score (nSPS) is 30.2. The summed E-state index contributed by atoms with van der Waals surface area (Å²) in [5, 5.41) is 6.76. The molecule has 10 nitrogen and oxygen atoms in total. The van der Waals surface area contributed by atoms with Crippen molar-refractivity contribution >= 4 is 23.0 Å². The quantitative estimate of drug-likeness (QED) is 0.577. The zero-order valence-electron chi connectivity index (χ0n) is 25.4. The van der Waals surface area contributed by atoms with Crippen LogP contribution in [0.1, 0.15) is 88.4 Å². The van der Waals surface area contributed by atoms with Crippen LogP contribution in [0.25, 0.3) is 11.0 Å². The second-order valence-corrected chi connectivity index (χ2v) is 13.6. The summed E-state index contributed by atoms with van der Waals surface area (Å²) >= 11 is 0. The molecule has 0 bridgehead atoms. The smallest absolute Gasteiger partial charge is 0.407 e. The third kappa shape index (κ3) is 5.29. The van der Waals surface area contributed by atoms with Crippen molar-refractivity contribution in [3.8, 4) is 5.75 Å². The van der Waals surface area contributed by atoms with E-state index in [0.29, 0.717) is 48.4 Å². The Bertz CT molecular complexity index is 1320. The number of rotatable bonds is 4. The number of piperidine rings is 1. The number of carbonyl (C=O) groups is 2. The Kier molecular flexibility index (Phi) is 7.43. The van der Waals surface area contributed by atoms with E-state index in [0.717, 1.165) is 42.7 Å². The van der Waals surface area contributed by atoms with Gasteiger partial charge in [-0.3, -0.25) is 9.69 Å². The third-order valence-corrected chi connectivity index (χ3v) is 9.56. The summed E-state index contributed by atoms with van der Waals surface area (Å²) in [6.45, 7) is 9.96. The van der Waals surface area contributed by atoms with Gasteiger partial charge in [0.1, 0.15) is 22.7 Å². The van der Waals surface area contributed by atoms with Crippen molar-refractivity contribution in [2.75, 3.05) is 26.7 Å². The predicted octanol–water partition coefficient (Wildman–Crippen LogP) is 3.99. The highest BCUT2D eigenvalue weighted by Gasteiger charge is 2.51. The molecule has 6 atom stereocenters. The first kappa shape index (κ1) is 28.3. The van der Waals surface area contributed by atoms with E-state index in [4.69, 9.17) is 14.5 Å². The Balaban J connectivity index is 1.26. The van der Waals surface area contributed by atoms with Gasteiger partial charge in [0.2, 0.25) is 0 Å². The lowest BCUT2D eigenvalue weighted by molar-refractivity contribution is 0.0402. The maximum absolute atomic E-state index is 13.8. The lowest BCUT2D eigenvalue weighted by atomic mass is 9.80. The van der Waals surface area contributed by atoms with Gasteiger partial charge in [-0.2, -0.15) is 0 Å². The molecule has 41 heavy (non-hydrogen) atoms. The molecule has 1 aliphatic carbocycles. The first-order valence-electron chi connectivity index (χ1n) is 15.4. The van der Waals surface area contributed by atoms with Crippen LogP contribution in [-0.2, 0) is 11.8 Å². The molecule has 2 aromatic rings. The molecule has 1 aromatic carbocycles. The van der Waals surface area contributed by atoms with Gasteiger partial charge in [0, 0.05) is 56.4 Å². The number of imidazole rings is 1. The first-order valence-corrected chi connectivity index (χ1v) is 15.4. The summed E-state index contributed by atoms with van der Waals surface area (Å²) in [4.78, 5) is 35.8. The van der Waals surface area contributed by atoms with Crippen molar-refractivity contribution in [2.24, 2.45) is 13.0 Å². The number of likely N-dealkylation sites (tertiary alicyclic amines) is 1. The summed E-state index contributed by atoms with van der Waals surface area (Å²) in [6.07, 6.45) is 6.13. The number of carbonyl (C=O) groups excluding carboxylic acids is 2. The summed E-state index contributed by atoms with van der Waals surface area (Å²) in [7, 11) is 3.74. The van der Waals surface area contributed by atoms with Crippen molar-refractivity contribution in [1.29, 1.82) is 0 Å². The summed E-state index contributed by atoms with van der Waals surface area (Å²) in [6, 6.07) is 5.46. The Labute approximate surface area is 243 Å². The Hall–Kier alpha value is -2.85. The molecule has 2 amide bonds. The molecule has 1 saturated carbocycles. The zero-order chi connectivity index (χ0) is 29.1. The van der Waals surface area contributed by atoms with Crippen molar-refractivity contribution in [2.45, 2.75) is 102 Å². The largest absolute Gasteiger partial charge is 0.494 e. The molecule has 10 heteroatoms. The number of aryl methyl sites for hydroxylation is 1. The molecule has 3 saturated heterocycles. The van der Waals surface area contributed by atoms with Gasteiger partial charge in [-0.1, -0.05) is 6.42 Å². The zero-order valence-corrected chi connectivity index (χ0v) is 25.4. The van der Waals surface area contributed by atoms with Crippen LogP contribution in [0.2, 0.25) is 0 Å². The molecule has 4 heterocycles. The molecular formula is C31H46N6O4. The molecular weight excluding hydrogens is 520 g/mol. The Morgan fingerprint density at radius 3 is 2.71 bits per heavy atom. The average molecular weight is 567 g/mol. The molecule has 4 fully saturated rings. The van der Waals surface area contributed by atoms with Crippen LogP contribution in [0.4, 0.5) is 4.79 Å². The standard InChI is InChI=1S/C31H46N6O4/c1-18-16-32-22-11-7-9-19-14-24(37(18)26(19)22)28-34-23-13-20(15-25(40-6)27(23)35(28)5)29(38)36-12-8-10-21(17-36)33-30(39)41-31(2,3)4/h13,15,18-19,21-22,24,26,32H,7-12,14,16-17H2,1-6H3,(H,33,39)/t18?,19?,21-,22?,24?,26?/m1/s1. The molecule has 5 unspecified atom stereocenters. The van der Waals surface area contributed by atoms with E-state index < -0.39 is 11.7 Å². The molecule has 6 rings (SSSR count). The summed E-state index contributed by atoms with van der Waals surface area (Å²) < 4.78 is 13.5. The molecule has 4 aliphatic rings. The van der Waals surface area contributed by atoms with Gasteiger partial charge in [-0.05, 0) is 77.8 Å². The number of alkyl carbamates (subject to hydrolysis) is 1. The second-order valence-electron chi connectivity index (χ2n) is 13.6. The molecule has 2 N–H and O–H groups in total. The van der Waals surface area contributed by atoms with Gasteiger partial charge in [-0.15, -0.1) is 0 Å². The Morgan fingerprint density at radius 2 is 1.95 bits per heavy atom. The van der Waals surface area contributed by atoms with Crippen LogP contribution < -0.4 is 15.4 Å². The molecule has 1 aromatic heterocycles. The van der Waals surface area contributed by atoms with Crippen molar-refractivity contribution in [3.05, 3.63) is 23.5 Å². The Morgan fingerprint density at radius 1 is 1.15 bits per heavy atom. The molecule has 0 spiro atoms. The summed E-state index contributed by atoms with van der Waals surface area (Å²) in [5.74, 6) is 2.34. The number of amides is 2. The fourth-order valence-electron chi connectivity index (χ4n) is 7.93. The van der Waals surface area contributed by atoms with E-state index in [1.54, 1.807) is 7.11 Å². The van der Waals surface area contributed by atoms with E-state index >= 15 is 0 Å². The molecule has 0 radical (unpaired) electrons. The van der Waals surface area contributed by atoms with E-state index in [2.05, 4.69) is 34.1 Å². The number of nitrogens with one attached hydrogen (secondary N) is 2. The molecule has 3 aliphatic heterocycles. The van der Waals surface area contributed by atoms with Crippen molar-refractivity contribution < 1.29 is 19.1 Å². The lowest BCUT2D eigenvalue weighted by Gasteiger charge is -2.47. The fourth-order valence-corrected chi connectivity index (χ4v) is 7.93. The SMILES string of the molecule is COc1cc(C(=O)N2CCC[C@@H](NC(=O)OC(C)(C)C)C2)cc2nc(C3CC4CCCC5NCC(C)N3C45)n(C)c12. The minimum atomic E-state index is -0.567. The lowest BCUT2D eigenvalue weighted by Crippen LogP contribution is -2.62. The van der Waals surface area contributed by atoms with Crippen LogP contribution in [0.3, 0.4) is 0 Å². The number of nitrogens with zero attached hydrogens (tertiary/aromatic N) is 4. The predicted molar refractivity (Wildman–Crippen MR) is 157 cm³/mol. The second kappa shape index (κ2) is 10.8. The number of benzene rings is 1. The topological polar surface area (TPSA) is 101 Å². The number of aromatic nitrogens is 2. The monoisotopic (exact) mass is 566 g/mol. The van der Waals surface area contributed by atoms with Gasteiger partial charge in [0.05, 0.1) is 18.7 Å². The third-order valence-electron chi connectivity index (χ3n) is 9.56.